The van der Waals surface area contributed by atoms with Crippen LogP contribution in [0.2, 0.25) is 0 Å². The van der Waals surface area contributed by atoms with Crippen LogP contribution >= 0.6 is 23.1 Å². The van der Waals surface area contributed by atoms with Crippen molar-refractivity contribution in [2.24, 2.45) is 0 Å². The van der Waals surface area contributed by atoms with Crippen molar-refractivity contribution in [3.8, 4) is 0 Å². The number of hydrogen-bond donors (Lipinski definition) is 5. The summed E-state index contributed by atoms with van der Waals surface area (Å²) in [6.45, 7) is 1.05. The number of aliphatic hydroxyl groups is 1. The van der Waals surface area contributed by atoms with Crippen LogP contribution in [0.5, 0.6) is 0 Å². The van der Waals surface area contributed by atoms with E-state index in [4.69, 9.17) is 5.11 Å². The molecule has 0 spiro atoms. The van der Waals surface area contributed by atoms with Crippen LogP contribution in [-0.4, -0.2) is 74.3 Å². The average molecular weight is 682 g/mol. The van der Waals surface area contributed by atoms with Crippen molar-refractivity contribution in [2.45, 2.75) is 33.4 Å². The first-order valence-electron chi connectivity index (χ1n) is 15.5. The summed E-state index contributed by atoms with van der Waals surface area (Å²) in [6, 6.07) is 27.0. The predicted octanol–water partition coefficient (Wildman–Crippen LogP) is 6.09. The molecule has 11 nitrogen and oxygen atoms in total. The van der Waals surface area contributed by atoms with Gasteiger partial charge in [0.2, 0.25) is 0 Å². The molecule has 0 bridgehead atoms. The third-order valence-corrected chi connectivity index (χ3v) is 10.3. The third-order valence-electron chi connectivity index (χ3n) is 8.28. The molecule has 1 aliphatic heterocycles. The fourth-order valence-corrected chi connectivity index (χ4v) is 7.52. The summed E-state index contributed by atoms with van der Waals surface area (Å²) in [4.78, 5) is 40.1. The molecule has 2 amide bonds. The number of anilines is 3. The maximum atomic E-state index is 13.3. The van der Waals surface area contributed by atoms with Gasteiger partial charge in [-0.05, 0) is 48.2 Å². The van der Waals surface area contributed by atoms with E-state index in [2.05, 4.69) is 30.9 Å². The zero-order valence-electron chi connectivity index (χ0n) is 26.0. The van der Waals surface area contributed by atoms with Gasteiger partial charge in [0.15, 0.2) is 5.13 Å². The number of nitrogens with zero attached hydrogens (tertiary/aromatic N) is 4. The Kier molecular flexibility index (Phi) is 10.5. The van der Waals surface area contributed by atoms with Crippen LogP contribution in [0, 0.1) is 0 Å². The van der Waals surface area contributed by atoms with E-state index in [0.29, 0.717) is 24.0 Å². The molecule has 3 aromatic heterocycles. The molecule has 246 valence electrons. The van der Waals surface area contributed by atoms with Gasteiger partial charge in [-0.2, -0.15) is 0 Å². The van der Waals surface area contributed by atoms with Gasteiger partial charge in [-0.3, -0.25) is 9.78 Å². The first-order valence-corrected chi connectivity index (χ1v) is 17.1. The highest BCUT2D eigenvalue weighted by Crippen LogP contribution is 2.35. The number of likely N-dealkylation sites (tertiary alicyclic amines) is 1. The monoisotopic (exact) mass is 681 g/mol. The van der Waals surface area contributed by atoms with E-state index >= 15 is 0 Å². The number of aliphatic hydroxyl groups excluding tert-OH is 1. The number of benzene rings is 2. The second kappa shape index (κ2) is 15.3. The topological polar surface area (TPSA) is 153 Å². The number of carboxylic acid groups (broad SMARTS) is 1. The number of thiazole rings is 1. The molecule has 0 unspecified atom stereocenters. The summed E-state index contributed by atoms with van der Waals surface area (Å²) < 4.78 is 0.925. The van der Waals surface area contributed by atoms with Gasteiger partial charge < -0.3 is 31.1 Å². The average Bonchev–Trinajstić information content (AvgIpc) is 3.57. The van der Waals surface area contributed by atoms with Crippen LogP contribution in [-0.2, 0) is 5.41 Å². The van der Waals surface area contributed by atoms with Crippen molar-refractivity contribution in [1.82, 2.24) is 25.2 Å². The fraction of sp³-hybridized carbons (Fsp3) is 0.229. The van der Waals surface area contributed by atoms with E-state index in [-0.39, 0.29) is 30.8 Å². The van der Waals surface area contributed by atoms with Crippen LogP contribution in [0.15, 0.2) is 113 Å². The molecule has 48 heavy (non-hydrogen) atoms. The van der Waals surface area contributed by atoms with Crippen molar-refractivity contribution in [3.63, 3.8) is 0 Å². The lowest BCUT2D eigenvalue weighted by atomic mass is 9.75. The molecule has 1 fully saturated rings. The highest BCUT2D eigenvalue weighted by atomic mass is 32.2. The predicted molar refractivity (Wildman–Crippen MR) is 187 cm³/mol. The summed E-state index contributed by atoms with van der Waals surface area (Å²) in [6.07, 6.45) is 5.77. The maximum Gasteiger partial charge on any atom is 0.407 e. The smallest absolute Gasteiger partial charge is 0.407 e. The highest BCUT2D eigenvalue weighted by Gasteiger charge is 2.34. The lowest BCUT2D eigenvalue weighted by Gasteiger charge is -2.33. The molecule has 5 aromatic rings. The van der Waals surface area contributed by atoms with Crippen LogP contribution in [0.4, 0.5) is 21.4 Å². The van der Waals surface area contributed by atoms with Crippen molar-refractivity contribution in [2.75, 3.05) is 36.9 Å². The lowest BCUT2D eigenvalue weighted by molar-refractivity contribution is 0.0932. The summed E-state index contributed by atoms with van der Waals surface area (Å²) in [5.41, 5.74) is 2.15. The van der Waals surface area contributed by atoms with Gasteiger partial charge in [0.1, 0.15) is 11.5 Å². The van der Waals surface area contributed by atoms with E-state index in [1.165, 1.54) is 28.0 Å². The Morgan fingerprint density at radius 3 is 2.25 bits per heavy atom. The Balaban J connectivity index is 1.05. The molecule has 5 N–H and O–H groups in total. The number of rotatable bonds is 12. The van der Waals surface area contributed by atoms with E-state index in [0.717, 1.165) is 38.8 Å². The number of carbonyl (C=O) groups excluding carboxylic acids is 1. The Morgan fingerprint density at radius 2 is 1.62 bits per heavy atom. The molecule has 0 aliphatic carbocycles. The van der Waals surface area contributed by atoms with Gasteiger partial charge >= 0.3 is 6.09 Å². The van der Waals surface area contributed by atoms with Gasteiger partial charge in [0.25, 0.3) is 5.91 Å². The standard InChI is InChI=1S/C35H35N7O4S2/c43-23-35(24-7-3-1-4-8-24,25-9-5-2-6-10-25)22-39-32(44)29-19-28(13-16-36-29)47-31-21-38-33(48-31)41-30-12-11-27(20-37-30)40-26-14-17-42(18-15-26)34(45)46/h1-13,16,19-21,26,40,43H,14-15,17-18,22-23H2,(H,39,44)(H,45,46)(H,37,38,41). The minimum Gasteiger partial charge on any atom is -0.465 e. The molecule has 4 heterocycles. The van der Waals surface area contributed by atoms with Crippen LogP contribution in [0.3, 0.4) is 0 Å². The van der Waals surface area contributed by atoms with Crippen molar-refractivity contribution >= 4 is 51.7 Å². The van der Waals surface area contributed by atoms with Gasteiger partial charge in [-0.1, -0.05) is 83.8 Å². The number of aromatic nitrogens is 3. The first-order chi connectivity index (χ1) is 23.4. The molecular weight excluding hydrogens is 647 g/mol. The molecule has 0 radical (unpaired) electrons. The number of pyridine rings is 2. The minimum absolute atomic E-state index is 0.182. The summed E-state index contributed by atoms with van der Waals surface area (Å²) in [5, 5.41) is 30.2. The molecule has 0 atom stereocenters. The lowest BCUT2D eigenvalue weighted by Crippen LogP contribution is -2.44. The van der Waals surface area contributed by atoms with E-state index in [9.17, 15) is 14.7 Å². The van der Waals surface area contributed by atoms with Crippen LogP contribution < -0.4 is 16.0 Å². The SMILES string of the molecule is O=C(NCC(CO)(c1ccccc1)c1ccccc1)c1cc(Sc2cnc(Nc3ccc(NC4CCN(C(=O)O)CC4)cn3)s2)ccn1. The normalized spacial score (nSPS) is 13.6. The largest absolute Gasteiger partial charge is 0.465 e. The van der Waals surface area contributed by atoms with Crippen molar-refractivity contribution in [3.05, 3.63) is 120 Å². The maximum absolute atomic E-state index is 13.3. The zero-order chi connectivity index (χ0) is 33.3. The number of nitrogens with one attached hydrogen (secondary N) is 3. The second-order valence-electron chi connectivity index (χ2n) is 11.4. The third kappa shape index (κ3) is 7.93. The Hall–Kier alpha value is -4.98. The fourth-order valence-electron chi connectivity index (χ4n) is 5.64. The molecular formula is C35H35N7O4S2. The number of piperidine rings is 1. The molecule has 2 aromatic carbocycles. The van der Waals surface area contributed by atoms with Crippen molar-refractivity contribution < 1.29 is 19.8 Å². The van der Waals surface area contributed by atoms with E-state index in [1.807, 2.05) is 78.9 Å². The van der Waals surface area contributed by atoms with Gasteiger partial charge in [0.05, 0.1) is 34.3 Å². The molecule has 6 rings (SSSR count). The Labute approximate surface area is 286 Å². The number of hydrogen-bond acceptors (Lipinski definition) is 10. The summed E-state index contributed by atoms with van der Waals surface area (Å²) in [5.74, 6) is 0.323. The first kappa shape index (κ1) is 32.9. The molecule has 1 saturated heterocycles. The summed E-state index contributed by atoms with van der Waals surface area (Å²) >= 11 is 2.95. The van der Waals surface area contributed by atoms with Gasteiger partial charge in [-0.15, -0.1) is 0 Å². The zero-order valence-corrected chi connectivity index (χ0v) is 27.6. The molecule has 1 aliphatic rings. The Morgan fingerprint density at radius 1 is 0.917 bits per heavy atom. The number of carbonyl (C=O) groups is 2. The molecule has 0 saturated carbocycles. The quantitative estimate of drug-likeness (QED) is 0.105. The highest BCUT2D eigenvalue weighted by molar-refractivity contribution is 8.01. The summed E-state index contributed by atoms with van der Waals surface area (Å²) in [7, 11) is 0. The number of amides is 2. The minimum atomic E-state index is -0.868. The second-order valence-corrected chi connectivity index (χ2v) is 13.8. The van der Waals surface area contributed by atoms with Gasteiger partial charge in [0, 0.05) is 36.8 Å². The molecule has 13 heteroatoms. The van der Waals surface area contributed by atoms with Gasteiger partial charge in [-0.25, -0.2) is 14.8 Å². The Bertz CT molecular complexity index is 1780. The van der Waals surface area contributed by atoms with Crippen LogP contribution in [0.25, 0.3) is 0 Å². The van der Waals surface area contributed by atoms with E-state index in [1.54, 1.807) is 24.7 Å². The van der Waals surface area contributed by atoms with Crippen molar-refractivity contribution in [1.29, 1.82) is 0 Å². The van der Waals surface area contributed by atoms with Crippen LogP contribution in [0.1, 0.15) is 34.5 Å². The van der Waals surface area contributed by atoms with E-state index < -0.39 is 11.5 Å².